The van der Waals surface area contributed by atoms with Gasteiger partial charge in [0.05, 0.1) is 25.2 Å². The first-order valence-corrected chi connectivity index (χ1v) is 4.18. The predicted molar refractivity (Wildman–Crippen MR) is 42.8 cm³/mol. The zero-order valence-electron chi connectivity index (χ0n) is 7.38. The fraction of sp³-hybridized carbons (Fsp3) is 0.875. The van der Waals surface area contributed by atoms with Crippen LogP contribution < -0.4 is 0 Å². The van der Waals surface area contributed by atoms with Gasteiger partial charge in [0.15, 0.2) is 0 Å². The lowest BCUT2D eigenvalue weighted by molar-refractivity contribution is -0.156. The maximum atomic E-state index is 11.0. The van der Waals surface area contributed by atoms with Crippen molar-refractivity contribution in [2.24, 2.45) is 5.92 Å². The molecule has 0 bridgehead atoms. The van der Waals surface area contributed by atoms with E-state index in [2.05, 4.69) is 4.74 Å². The van der Waals surface area contributed by atoms with E-state index in [4.69, 9.17) is 5.11 Å². The van der Waals surface area contributed by atoms with Crippen LogP contribution in [0.2, 0.25) is 0 Å². The predicted octanol–water partition coefficient (Wildman–Crippen LogP) is -1.35. The van der Waals surface area contributed by atoms with Gasteiger partial charge in [-0.3, -0.25) is 4.79 Å². The summed E-state index contributed by atoms with van der Waals surface area (Å²) in [6.07, 6.45) is -2.96. The number of carbonyl (C=O) groups is 1. The van der Waals surface area contributed by atoms with Gasteiger partial charge in [-0.05, 0) is 12.8 Å². The monoisotopic (exact) mass is 190 g/mol. The molecule has 5 nitrogen and oxygen atoms in total. The van der Waals surface area contributed by atoms with Gasteiger partial charge in [-0.2, -0.15) is 0 Å². The summed E-state index contributed by atoms with van der Waals surface area (Å²) in [5.74, 6) is -0.969. The first kappa shape index (κ1) is 10.4. The Hall–Kier alpha value is -0.650. The van der Waals surface area contributed by atoms with Crippen LogP contribution in [0.25, 0.3) is 0 Å². The molecule has 13 heavy (non-hydrogen) atoms. The summed E-state index contributed by atoms with van der Waals surface area (Å²) in [6.45, 7) is 0. The van der Waals surface area contributed by atoms with Crippen molar-refractivity contribution in [1.82, 2.24) is 0 Å². The van der Waals surface area contributed by atoms with Crippen LogP contribution in [0.4, 0.5) is 0 Å². The number of aliphatic hydroxyl groups excluding tert-OH is 3. The minimum absolute atomic E-state index is 0.144. The number of methoxy groups -OCH3 is 1. The molecule has 0 aromatic rings. The SMILES string of the molecule is COC(=O)C1C[C@@H](O)C(O)[C@H](O)C1. The van der Waals surface area contributed by atoms with Crippen LogP contribution in [-0.2, 0) is 9.53 Å². The molecule has 0 aromatic carbocycles. The van der Waals surface area contributed by atoms with Crippen LogP contribution in [0.1, 0.15) is 12.8 Å². The first-order chi connectivity index (χ1) is 6.06. The van der Waals surface area contributed by atoms with Crippen molar-refractivity contribution < 1.29 is 24.9 Å². The smallest absolute Gasteiger partial charge is 0.308 e. The van der Waals surface area contributed by atoms with E-state index in [9.17, 15) is 15.0 Å². The maximum absolute atomic E-state index is 11.0. The molecule has 1 fully saturated rings. The van der Waals surface area contributed by atoms with Gasteiger partial charge in [0.2, 0.25) is 0 Å². The lowest BCUT2D eigenvalue weighted by atomic mass is 9.83. The molecule has 1 rings (SSSR count). The average Bonchev–Trinajstić information content (AvgIpc) is 2.12. The second-order valence-corrected chi connectivity index (χ2v) is 3.32. The number of aliphatic hydroxyl groups is 3. The van der Waals surface area contributed by atoms with Crippen molar-refractivity contribution in [2.75, 3.05) is 7.11 Å². The second kappa shape index (κ2) is 4.04. The molecule has 3 N–H and O–H groups in total. The van der Waals surface area contributed by atoms with Gasteiger partial charge >= 0.3 is 5.97 Å². The van der Waals surface area contributed by atoms with E-state index in [1.54, 1.807) is 0 Å². The fourth-order valence-corrected chi connectivity index (χ4v) is 1.57. The third kappa shape index (κ3) is 2.18. The molecule has 0 aliphatic heterocycles. The van der Waals surface area contributed by atoms with Crippen molar-refractivity contribution in [3.05, 3.63) is 0 Å². The molecule has 0 spiro atoms. The number of ether oxygens (including phenoxy) is 1. The quantitative estimate of drug-likeness (QED) is 0.445. The Labute approximate surface area is 75.9 Å². The summed E-state index contributed by atoms with van der Waals surface area (Å²) in [6, 6.07) is 0. The van der Waals surface area contributed by atoms with Crippen LogP contribution in [0, 0.1) is 5.92 Å². The van der Waals surface area contributed by atoms with E-state index in [0.717, 1.165) is 0 Å². The summed E-state index contributed by atoms with van der Waals surface area (Å²) in [7, 11) is 1.26. The molecule has 0 aromatic heterocycles. The molecule has 76 valence electrons. The zero-order valence-corrected chi connectivity index (χ0v) is 7.38. The Balaban J connectivity index is 2.58. The second-order valence-electron chi connectivity index (χ2n) is 3.32. The van der Waals surface area contributed by atoms with Gasteiger partial charge < -0.3 is 20.1 Å². The van der Waals surface area contributed by atoms with Gasteiger partial charge in [0.25, 0.3) is 0 Å². The Kier molecular flexibility index (Phi) is 3.24. The molecule has 0 heterocycles. The molecular formula is C8H14O5. The first-order valence-electron chi connectivity index (χ1n) is 4.18. The number of carbonyl (C=O) groups excluding carboxylic acids is 1. The highest BCUT2D eigenvalue weighted by molar-refractivity contribution is 5.72. The van der Waals surface area contributed by atoms with E-state index in [-0.39, 0.29) is 12.8 Å². The zero-order chi connectivity index (χ0) is 10.0. The molecule has 1 aliphatic carbocycles. The molecule has 1 aliphatic rings. The molecule has 0 amide bonds. The molecule has 0 saturated heterocycles. The van der Waals surface area contributed by atoms with Crippen LogP contribution in [0.3, 0.4) is 0 Å². The lowest BCUT2D eigenvalue weighted by Gasteiger charge is -2.32. The van der Waals surface area contributed by atoms with Gasteiger partial charge in [0.1, 0.15) is 6.10 Å². The minimum atomic E-state index is -1.15. The number of rotatable bonds is 1. The van der Waals surface area contributed by atoms with Crippen LogP contribution in [-0.4, -0.2) is 46.7 Å². The summed E-state index contributed by atoms with van der Waals surface area (Å²) >= 11 is 0. The molecule has 0 unspecified atom stereocenters. The van der Waals surface area contributed by atoms with Crippen molar-refractivity contribution in [1.29, 1.82) is 0 Å². The maximum Gasteiger partial charge on any atom is 0.308 e. The molecule has 1 saturated carbocycles. The van der Waals surface area contributed by atoms with Gasteiger partial charge in [0, 0.05) is 0 Å². The highest BCUT2D eigenvalue weighted by Gasteiger charge is 2.38. The highest BCUT2D eigenvalue weighted by atomic mass is 16.5. The van der Waals surface area contributed by atoms with Crippen LogP contribution in [0.15, 0.2) is 0 Å². The highest BCUT2D eigenvalue weighted by Crippen LogP contribution is 2.25. The Bertz CT molecular complexity index is 181. The average molecular weight is 190 g/mol. The van der Waals surface area contributed by atoms with Gasteiger partial charge in [-0.15, -0.1) is 0 Å². The molecule has 5 heteroatoms. The van der Waals surface area contributed by atoms with Crippen molar-refractivity contribution in [2.45, 2.75) is 31.2 Å². The van der Waals surface area contributed by atoms with E-state index >= 15 is 0 Å². The number of hydrogen-bond acceptors (Lipinski definition) is 5. The summed E-state index contributed by atoms with van der Waals surface area (Å²) < 4.78 is 4.48. The van der Waals surface area contributed by atoms with Crippen molar-refractivity contribution >= 4 is 5.97 Å². The Morgan fingerprint density at radius 2 is 1.69 bits per heavy atom. The number of hydrogen-bond donors (Lipinski definition) is 3. The topological polar surface area (TPSA) is 87.0 Å². The van der Waals surface area contributed by atoms with E-state index in [1.807, 2.05) is 0 Å². The van der Waals surface area contributed by atoms with Gasteiger partial charge in [-0.25, -0.2) is 0 Å². The van der Waals surface area contributed by atoms with Crippen molar-refractivity contribution in [3.63, 3.8) is 0 Å². The Morgan fingerprint density at radius 3 is 2.08 bits per heavy atom. The van der Waals surface area contributed by atoms with Crippen molar-refractivity contribution in [3.8, 4) is 0 Å². The van der Waals surface area contributed by atoms with Crippen LogP contribution in [0.5, 0.6) is 0 Å². The van der Waals surface area contributed by atoms with E-state index in [1.165, 1.54) is 7.11 Å². The third-order valence-electron chi connectivity index (χ3n) is 2.37. The summed E-state index contributed by atoms with van der Waals surface area (Å²) in [5, 5.41) is 27.7. The molecule has 0 radical (unpaired) electrons. The third-order valence-corrected chi connectivity index (χ3v) is 2.37. The minimum Gasteiger partial charge on any atom is -0.469 e. The summed E-state index contributed by atoms with van der Waals surface area (Å²) in [5.41, 5.74) is 0. The van der Waals surface area contributed by atoms with E-state index < -0.39 is 30.2 Å². The molecule has 2 atom stereocenters. The lowest BCUT2D eigenvalue weighted by Crippen LogP contribution is -2.46. The van der Waals surface area contributed by atoms with E-state index in [0.29, 0.717) is 0 Å². The van der Waals surface area contributed by atoms with Gasteiger partial charge in [-0.1, -0.05) is 0 Å². The fourth-order valence-electron chi connectivity index (χ4n) is 1.57. The Morgan fingerprint density at radius 1 is 1.23 bits per heavy atom. The largest absolute Gasteiger partial charge is 0.469 e. The van der Waals surface area contributed by atoms with Crippen LogP contribution >= 0.6 is 0 Å². The summed E-state index contributed by atoms with van der Waals surface area (Å²) in [4.78, 5) is 11.0. The normalized spacial score (nSPS) is 40.0. The number of esters is 1. The molecular weight excluding hydrogens is 176 g/mol. The standard InChI is InChI=1S/C8H14O5/c1-13-8(12)4-2-5(9)7(11)6(10)3-4/h4-7,9-11H,2-3H2,1H3/t4?,5-,6-,7?/m1/s1.